The second-order valence-electron chi connectivity index (χ2n) is 14.5. The van der Waals surface area contributed by atoms with Crippen molar-refractivity contribution in [3.63, 3.8) is 0 Å². The van der Waals surface area contributed by atoms with E-state index in [1.54, 1.807) is 4.90 Å². The van der Waals surface area contributed by atoms with Gasteiger partial charge in [0.05, 0.1) is 39.5 Å². The molecule has 1 aliphatic rings. The van der Waals surface area contributed by atoms with Crippen molar-refractivity contribution in [2.24, 2.45) is 5.92 Å². The minimum Gasteiger partial charge on any atom is -0.481 e. The highest BCUT2D eigenvalue weighted by molar-refractivity contribution is 5.89. The van der Waals surface area contributed by atoms with Crippen molar-refractivity contribution < 1.29 is 58.3 Å². The van der Waals surface area contributed by atoms with Crippen molar-refractivity contribution in [1.82, 2.24) is 20.9 Å². The average molecular weight is 800 g/mol. The molecule has 16 nitrogen and oxygen atoms in total. The van der Waals surface area contributed by atoms with Gasteiger partial charge >= 0.3 is 11.9 Å². The number of piperidine rings is 1. The maximum absolute atomic E-state index is 12.9. The Morgan fingerprint density at radius 2 is 1.05 bits per heavy atom. The van der Waals surface area contributed by atoms with Crippen LogP contribution >= 0.6 is 0 Å². The van der Waals surface area contributed by atoms with Crippen molar-refractivity contribution in [3.05, 3.63) is 0 Å². The highest BCUT2D eigenvalue weighted by Gasteiger charge is 2.31. The largest absolute Gasteiger partial charge is 0.481 e. The summed E-state index contributed by atoms with van der Waals surface area (Å²) in [7, 11) is 0. The molecule has 4 amide bonds. The molecule has 323 valence electrons. The van der Waals surface area contributed by atoms with Gasteiger partial charge in [0.15, 0.2) is 0 Å². The Bertz CT molecular complexity index is 1090. The molecular weight excluding hydrogens is 728 g/mol. The Balaban J connectivity index is 2.04. The molecule has 0 spiro atoms. The van der Waals surface area contributed by atoms with Crippen LogP contribution in [0, 0.1) is 5.92 Å². The molecule has 0 aromatic heterocycles. The first-order valence-electron chi connectivity index (χ1n) is 21.0. The van der Waals surface area contributed by atoms with Crippen LogP contribution in [0.4, 0.5) is 0 Å². The van der Waals surface area contributed by atoms with Crippen molar-refractivity contribution in [2.45, 2.75) is 141 Å². The van der Waals surface area contributed by atoms with E-state index in [2.05, 4.69) is 16.0 Å². The highest BCUT2D eigenvalue weighted by atomic mass is 16.5. The number of carboxylic acid groups (broad SMARTS) is 2. The van der Waals surface area contributed by atoms with Crippen LogP contribution in [0.15, 0.2) is 0 Å². The Kier molecular flexibility index (Phi) is 31.6. The lowest BCUT2D eigenvalue weighted by atomic mass is 9.95. The number of hydrogen-bond donors (Lipinski definition) is 5. The van der Waals surface area contributed by atoms with Crippen molar-refractivity contribution in [1.29, 1.82) is 0 Å². The molecule has 1 heterocycles. The zero-order valence-electron chi connectivity index (χ0n) is 33.7. The van der Waals surface area contributed by atoms with Gasteiger partial charge in [-0.2, -0.15) is 0 Å². The van der Waals surface area contributed by atoms with Crippen LogP contribution in [0.25, 0.3) is 0 Å². The van der Waals surface area contributed by atoms with Gasteiger partial charge in [0, 0.05) is 44.9 Å². The first kappa shape index (κ1) is 50.7. The quantitative estimate of drug-likeness (QED) is 0.0564. The van der Waals surface area contributed by atoms with Crippen LogP contribution < -0.4 is 16.0 Å². The molecule has 16 heteroatoms. The second-order valence-corrected chi connectivity index (χ2v) is 14.5. The number of carbonyl (C=O) groups is 6. The van der Waals surface area contributed by atoms with Crippen LogP contribution in [-0.4, -0.2) is 129 Å². The third-order valence-corrected chi connectivity index (χ3v) is 9.72. The number of carbonyl (C=O) groups excluding carboxylic acids is 4. The Labute approximate surface area is 333 Å². The predicted octanol–water partition coefficient (Wildman–Crippen LogP) is 4.00. The molecule has 1 saturated heterocycles. The van der Waals surface area contributed by atoms with Crippen molar-refractivity contribution in [2.75, 3.05) is 72.4 Å². The van der Waals surface area contributed by atoms with Crippen LogP contribution in [0.1, 0.15) is 135 Å². The van der Waals surface area contributed by atoms with E-state index >= 15 is 0 Å². The van der Waals surface area contributed by atoms with Crippen molar-refractivity contribution >= 4 is 35.6 Å². The lowest BCUT2D eigenvalue weighted by Crippen LogP contribution is -2.49. The molecule has 1 fully saturated rings. The average Bonchev–Trinajstić information content (AvgIpc) is 3.17. The Morgan fingerprint density at radius 3 is 1.55 bits per heavy atom. The minimum absolute atomic E-state index is 0.0949. The van der Waals surface area contributed by atoms with Gasteiger partial charge in [-0.3, -0.25) is 24.0 Å². The smallest absolute Gasteiger partial charge is 0.326 e. The molecule has 1 rings (SSSR count). The molecule has 0 saturated carbocycles. The number of carboxylic acids is 2. The molecule has 1 atom stereocenters. The number of hydrogen-bond acceptors (Lipinski definition) is 9. The number of rotatable bonds is 37. The van der Waals surface area contributed by atoms with Gasteiger partial charge in [-0.1, -0.05) is 89.9 Å². The first-order chi connectivity index (χ1) is 27.1. The maximum atomic E-state index is 12.9. The number of aliphatic carboxylic acids is 2. The van der Waals surface area contributed by atoms with Gasteiger partial charge in [0.25, 0.3) is 0 Å². The van der Waals surface area contributed by atoms with E-state index in [9.17, 15) is 39.0 Å². The molecule has 0 unspecified atom stereocenters. The molecule has 5 N–H and O–H groups in total. The molecule has 1 aliphatic heterocycles. The minimum atomic E-state index is -1.38. The lowest BCUT2D eigenvalue weighted by Gasteiger charge is -2.32. The molecule has 1 radical (unpaired) electrons. The molecule has 56 heavy (non-hydrogen) atoms. The van der Waals surface area contributed by atoms with E-state index in [4.69, 9.17) is 19.3 Å². The standard InChI is InChI=1S/C40H71N4O12/c45-25-28-54-26-22-42-36(47)32-56-30-29-55-27-21-41-35(46)31-34(40(52)53)43-39(51)33-19-23-44(24-20-33)37(48)17-15-13-11-9-7-5-3-1-2-4-6-8-10-12-14-16-18-38(49)50/h33-34H,1-32H2,(H,41,46)(H,42,47)(H,43,51)(H,49,50)(H,52,53)/t34-/m1/s1. The van der Waals surface area contributed by atoms with Gasteiger partial charge in [-0.25, -0.2) is 9.90 Å². The SMILES string of the molecule is [O]CCOCCNC(=O)COCCOCCNC(=O)C[C@@H](NC(=O)C1CCN(C(=O)CCCCCCCCCCCCCCCCCCC(=O)O)CC1)C(=O)O. The molecule has 0 bridgehead atoms. The zero-order valence-corrected chi connectivity index (χ0v) is 33.7. The van der Waals surface area contributed by atoms with E-state index < -0.39 is 42.1 Å². The number of likely N-dealkylation sites (tertiary alicyclic amines) is 1. The summed E-state index contributed by atoms with van der Waals surface area (Å²) in [5.41, 5.74) is 0. The normalized spacial score (nSPS) is 13.6. The predicted molar refractivity (Wildman–Crippen MR) is 208 cm³/mol. The third kappa shape index (κ3) is 29.0. The summed E-state index contributed by atoms with van der Waals surface area (Å²) >= 11 is 0. The Hall–Kier alpha value is -3.34. The number of ether oxygens (including phenoxy) is 3. The van der Waals surface area contributed by atoms with E-state index in [0.717, 1.165) is 38.5 Å². The van der Waals surface area contributed by atoms with Crippen LogP contribution in [0.2, 0.25) is 0 Å². The van der Waals surface area contributed by atoms with E-state index in [1.165, 1.54) is 64.2 Å². The number of amides is 4. The number of nitrogens with zero attached hydrogens (tertiary/aromatic N) is 1. The summed E-state index contributed by atoms with van der Waals surface area (Å²) in [6.45, 7) is 1.63. The van der Waals surface area contributed by atoms with Gasteiger partial charge in [-0.15, -0.1) is 0 Å². The van der Waals surface area contributed by atoms with Gasteiger partial charge in [0.2, 0.25) is 23.6 Å². The van der Waals surface area contributed by atoms with Gasteiger partial charge in [-0.05, 0) is 25.7 Å². The van der Waals surface area contributed by atoms with E-state index in [0.29, 0.717) is 32.4 Å². The maximum Gasteiger partial charge on any atom is 0.326 e. The highest BCUT2D eigenvalue weighted by Crippen LogP contribution is 2.20. The summed E-state index contributed by atoms with van der Waals surface area (Å²) in [5.74, 6) is -3.65. The van der Waals surface area contributed by atoms with Gasteiger partial charge in [0.1, 0.15) is 19.3 Å². The second kappa shape index (κ2) is 34.9. The zero-order chi connectivity index (χ0) is 41.1. The molecular formula is C40H71N4O12. The first-order valence-corrected chi connectivity index (χ1v) is 21.0. The lowest BCUT2D eigenvalue weighted by molar-refractivity contribution is -0.144. The van der Waals surface area contributed by atoms with Crippen LogP contribution in [0.3, 0.4) is 0 Å². The summed E-state index contributed by atoms with van der Waals surface area (Å²) in [4.78, 5) is 73.6. The summed E-state index contributed by atoms with van der Waals surface area (Å²) in [5, 5.41) is 36.2. The Morgan fingerprint density at radius 1 is 0.589 bits per heavy atom. The molecule has 0 aliphatic carbocycles. The molecule has 0 aromatic rings. The third-order valence-electron chi connectivity index (χ3n) is 9.72. The van der Waals surface area contributed by atoms with E-state index in [1.807, 2.05) is 0 Å². The monoisotopic (exact) mass is 800 g/mol. The number of nitrogens with one attached hydrogen (secondary N) is 3. The summed E-state index contributed by atoms with van der Waals surface area (Å²) < 4.78 is 15.5. The fourth-order valence-corrected chi connectivity index (χ4v) is 6.45. The summed E-state index contributed by atoms with van der Waals surface area (Å²) in [6.07, 6.45) is 19.7. The van der Waals surface area contributed by atoms with Gasteiger partial charge < -0.3 is 45.3 Å². The topological polar surface area (TPSA) is 230 Å². The van der Waals surface area contributed by atoms with Crippen molar-refractivity contribution in [3.8, 4) is 0 Å². The van der Waals surface area contributed by atoms with Crippen LogP contribution in [0.5, 0.6) is 0 Å². The molecule has 0 aromatic carbocycles. The number of unbranched alkanes of at least 4 members (excludes halogenated alkanes) is 15. The fraction of sp³-hybridized carbons (Fsp3) is 0.850. The van der Waals surface area contributed by atoms with Crippen LogP contribution in [-0.2, 0) is 48.1 Å². The fourth-order valence-electron chi connectivity index (χ4n) is 6.45. The summed E-state index contributed by atoms with van der Waals surface area (Å²) in [6, 6.07) is -1.38. The van der Waals surface area contributed by atoms with E-state index in [-0.39, 0.29) is 77.6 Å².